The molecule has 0 saturated carbocycles. The zero-order valence-electron chi connectivity index (χ0n) is 14.1. The van der Waals surface area contributed by atoms with Gasteiger partial charge in [0.2, 0.25) is 5.75 Å². The van der Waals surface area contributed by atoms with E-state index in [1.165, 1.54) is 6.08 Å². The van der Waals surface area contributed by atoms with Crippen LogP contribution in [-0.4, -0.2) is 22.9 Å². The molecular weight excluding hydrogens is 356 g/mol. The molecule has 9 heteroatoms. The Morgan fingerprint density at radius 2 is 1.70 bits per heavy atom. The monoisotopic (exact) mass is 370 g/mol. The Labute approximate surface area is 153 Å². The SMILES string of the molecule is COc1ccc(/C=C/C=C/C(=O)Oc2ccc([N+](=O)[O-])cc2[N+](=O)[O-])cc1. The Balaban J connectivity index is 2.04. The fourth-order valence-electron chi connectivity index (χ4n) is 2.01. The molecule has 0 radical (unpaired) electrons. The van der Waals surface area contributed by atoms with Crippen molar-refractivity contribution in [2.45, 2.75) is 0 Å². The largest absolute Gasteiger partial charge is 0.497 e. The molecule has 0 atom stereocenters. The molecule has 0 saturated heterocycles. The number of carbonyl (C=O) groups is 1. The van der Waals surface area contributed by atoms with E-state index in [0.717, 1.165) is 35.6 Å². The number of ether oxygens (including phenoxy) is 2. The third-order valence-corrected chi connectivity index (χ3v) is 3.31. The van der Waals surface area contributed by atoms with Crippen LogP contribution < -0.4 is 9.47 Å². The summed E-state index contributed by atoms with van der Waals surface area (Å²) in [4.78, 5) is 31.8. The zero-order chi connectivity index (χ0) is 19.8. The number of nitro benzene ring substituents is 2. The quantitative estimate of drug-likeness (QED) is 0.182. The van der Waals surface area contributed by atoms with Gasteiger partial charge in [-0.3, -0.25) is 20.2 Å². The highest BCUT2D eigenvalue weighted by Gasteiger charge is 2.21. The molecule has 0 aromatic heterocycles. The van der Waals surface area contributed by atoms with Crippen LogP contribution in [0.15, 0.2) is 60.7 Å². The number of non-ortho nitro benzene ring substituents is 1. The maximum Gasteiger partial charge on any atom is 0.336 e. The van der Waals surface area contributed by atoms with Crippen LogP contribution in [0, 0.1) is 20.2 Å². The Bertz CT molecular complexity index is 918. The summed E-state index contributed by atoms with van der Waals surface area (Å²) < 4.78 is 9.93. The summed E-state index contributed by atoms with van der Waals surface area (Å²) in [6, 6.07) is 9.97. The van der Waals surface area contributed by atoms with E-state index in [1.54, 1.807) is 31.4 Å². The standard InChI is InChI=1S/C18H14N2O7/c1-26-15-9-6-13(7-10-15)4-2-3-5-18(21)27-17-11-8-14(19(22)23)12-16(17)20(24)25/h2-12H,1H3/b4-2+,5-3+. The van der Waals surface area contributed by atoms with E-state index in [9.17, 15) is 25.0 Å². The lowest BCUT2D eigenvalue weighted by Gasteiger charge is -2.02. The predicted molar refractivity (Wildman–Crippen MR) is 96.6 cm³/mol. The van der Waals surface area contributed by atoms with Crippen molar-refractivity contribution in [3.8, 4) is 11.5 Å². The molecule has 0 fully saturated rings. The first-order chi connectivity index (χ1) is 12.9. The van der Waals surface area contributed by atoms with Crippen LogP contribution >= 0.6 is 0 Å². The Morgan fingerprint density at radius 3 is 2.30 bits per heavy atom. The van der Waals surface area contributed by atoms with Gasteiger partial charge in [-0.15, -0.1) is 0 Å². The molecule has 2 aromatic rings. The van der Waals surface area contributed by atoms with Crippen molar-refractivity contribution < 1.29 is 24.1 Å². The number of hydrogen-bond acceptors (Lipinski definition) is 7. The summed E-state index contributed by atoms with van der Waals surface area (Å²) in [6.45, 7) is 0. The number of nitro groups is 2. The van der Waals surface area contributed by atoms with E-state index in [4.69, 9.17) is 9.47 Å². The van der Waals surface area contributed by atoms with E-state index in [0.29, 0.717) is 0 Å². The molecule has 0 spiro atoms. The summed E-state index contributed by atoms with van der Waals surface area (Å²) in [5.74, 6) is -0.512. The number of allylic oxidation sites excluding steroid dienone is 2. The van der Waals surface area contributed by atoms with Gasteiger partial charge in [-0.05, 0) is 23.8 Å². The number of hydrogen-bond donors (Lipinski definition) is 0. The minimum atomic E-state index is -0.858. The normalized spacial score (nSPS) is 10.9. The number of carbonyl (C=O) groups excluding carboxylic acids is 1. The van der Waals surface area contributed by atoms with Gasteiger partial charge in [0.25, 0.3) is 5.69 Å². The van der Waals surface area contributed by atoms with E-state index in [2.05, 4.69) is 0 Å². The highest BCUT2D eigenvalue weighted by molar-refractivity contribution is 5.85. The van der Waals surface area contributed by atoms with Gasteiger partial charge in [0.05, 0.1) is 23.0 Å². The van der Waals surface area contributed by atoms with Crippen LogP contribution in [0.5, 0.6) is 11.5 Å². The maximum absolute atomic E-state index is 11.8. The van der Waals surface area contributed by atoms with Gasteiger partial charge in [-0.2, -0.15) is 0 Å². The van der Waals surface area contributed by atoms with E-state index in [-0.39, 0.29) is 5.75 Å². The van der Waals surface area contributed by atoms with Crippen molar-refractivity contribution in [1.82, 2.24) is 0 Å². The number of esters is 1. The maximum atomic E-state index is 11.8. The number of methoxy groups -OCH3 is 1. The third kappa shape index (κ3) is 5.49. The first kappa shape index (κ1) is 19.3. The van der Waals surface area contributed by atoms with Crippen molar-refractivity contribution in [3.05, 3.63) is 86.5 Å². The van der Waals surface area contributed by atoms with Gasteiger partial charge in [-0.25, -0.2) is 4.79 Å². The Kier molecular flexibility index (Phi) is 6.37. The highest BCUT2D eigenvalue weighted by Crippen LogP contribution is 2.31. The average molecular weight is 370 g/mol. The second-order valence-corrected chi connectivity index (χ2v) is 5.08. The minimum Gasteiger partial charge on any atom is -0.497 e. The molecule has 0 heterocycles. The van der Waals surface area contributed by atoms with Crippen molar-refractivity contribution >= 4 is 23.4 Å². The van der Waals surface area contributed by atoms with Gasteiger partial charge >= 0.3 is 11.7 Å². The van der Waals surface area contributed by atoms with Crippen LogP contribution in [0.3, 0.4) is 0 Å². The minimum absolute atomic E-state index is 0.376. The van der Waals surface area contributed by atoms with Crippen LogP contribution in [0.2, 0.25) is 0 Å². The van der Waals surface area contributed by atoms with E-state index in [1.807, 2.05) is 12.1 Å². The smallest absolute Gasteiger partial charge is 0.336 e. The van der Waals surface area contributed by atoms with Crippen LogP contribution in [0.25, 0.3) is 6.08 Å². The van der Waals surface area contributed by atoms with Crippen molar-refractivity contribution in [1.29, 1.82) is 0 Å². The molecule has 2 aromatic carbocycles. The van der Waals surface area contributed by atoms with Crippen LogP contribution in [-0.2, 0) is 4.79 Å². The van der Waals surface area contributed by atoms with Gasteiger partial charge in [0.15, 0.2) is 0 Å². The second-order valence-electron chi connectivity index (χ2n) is 5.08. The van der Waals surface area contributed by atoms with E-state index >= 15 is 0 Å². The van der Waals surface area contributed by atoms with Crippen molar-refractivity contribution in [2.75, 3.05) is 7.11 Å². The van der Waals surface area contributed by atoms with Gasteiger partial charge in [0.1, 0.15) is 5.75 Å². The number of nitrogens with zero attached hydrogens (tertiary/aromatic N) is 2. The average Bonchev–Trinajstić information content (AvgIpc) is 2.65. The van der Waals surface area contributed by atoms with Crippen LogP contribution in [0.1, 0.15) is 5.56 Å². The summed E-state index contributed by atoms with van der Waals surface area (Å²) in [6.07, 6.45) is 5.81. The van der Waals surface area contributed by atoms with Crippen LogP contribution in [0.4, 0.5) is 11.4 Å². The molecule has 0 aliphatic carbocycles. The van der Waals surface area contributed by atoms with Crippen molar-refractivity contribution in [3.63, 3.8) is 0 Å². The number of benzene rings is 2. The predicted octanol–water partition coefficient (Wildman–Crippen LogP) is 3.69. The fraction of sp³-hybridized carbons (Fsp3) is 0.0556. The van der Waals surface area contributed by atoms with Gasteiger partial charge in [-0.1, -0.05) is 30.4 Å². The Hall–Kier alpha value is -4.01. The first-order valence-electron chi connectivity index (χ1n) is 7.54. The molecule has 0 aliphatic heterocycles. The van der Waals surface area contributed by atoms with E-state index < -0.39 is 27.2 Å². The summed E-state index contributed by atoms with van der Waals surface area (Å²) in [5.41, 5.74) is -0.265. The summed E-state index contributed by atoms with van der Waals surface area (Å²) >= 11 is 0. The Morgan fingerprint density at radius 1 is 1.00 bits per heavy atom. The molecule has 0 aliphatic rings. The topological polar surface area (TPSA) is 122 Å². The molecule has 27 heavy (non-hydrogen) atoms. The van der Waals surface area contributed by atoms with Gasteiger partial charge < -0.3 is 9.47 Å². The van der Waals surface area contributed by atoms with Gasteiger partial charge in [0, 0.05) is 12.1 Å². The first-order valence-corrected chi connectivity index (χ1v) is 7.54. The zero-order valence-corrected chi connectivity index (χ0v) is 14.1. The molecule has 0 bridgehead atoms. The summed E-state index contributed by atoms with van der Waals surface area (Å²) in [5, 5.41) is 21.7. The lowest BCUT2D eigenvalue weighted by Crippen LogP contribution is -2.06. The summed E-state index contributed by atoms with van der Waals surface area (Å²) in [7, 11) is 1.56. The molecule has 2 rings (SSSR count). The molecule has 9 nitrogen and oxygen atoms in total. The third-order valence-electron chi connectivity index (χ3n) is 3.31. The molecule has 138 valence electrons. The molecule has 0 amide bonds. The lowest BCUT2D eigenvalue weighted by molar-refractivity contribution is -0.394. The highest BCUT2D eigenvalue weighted by atomic mass is 16.6. The fourth-order valence-corrected chi connectivity index (χ4v) is 2.01. The number of rotatable bonds is 7. The molecule has 0 unspecified atom stereocenters. The molecule has 0 N–H and O–H groups in total. The second kappa shape index (κ2) is 8.90. The molecular formula is C18H14N2O7. The van der Waals surface area contributed by atoms with Crippen molar-refractivity contribution in [2.24, 2.45) is 0 Å². The lowest BCUT2D eigenvalue weighted by atomic mass is 10.2.